The summed E-state index contributed by atoms with van der Waals surface area (Å²) in [7, 11) is 0. The van der Waals surface area contributed by atoms with Crippen LogP contribution in [-0.4, -0.2) is 24.6 Å². The molecular formula is C14H19N3O3. The van der Waals surface area contributed by atoms with Crippen LogP contribution >= 0.6 is 0 Å². The molecule has 1 N–H and O–H groups in total. The van der Waals surface area contributed by atoms with E-state index in [4.69, 9.17) is 10.00 Å². The molecule has 0 bridgehead atoms. The molecule has 0 heterocycles. The van der Waals surface area contributed by atoms with Crippen LogP contribution in [-0.2, 0) is 0 Å². The van der Waals surface area contributed by atoms with E-state index >= 15 is 0 Å². The number of rotatable bonds is 8. The number of hydrogen-bond donors (Lipinski definition) is 1. The molecule has 6 nitrogen and oxygen atoms in total. The van der Waals surface area contributed by atoms with Gasteiger partial charge in [-0.05, 0) is 25.1 Å². The van der Waals surface area contributed by atoms with Gasteiger partial charge < -0.3 is 10.1 Å². The third kappa shape index (κ3) is 4.86. The molecule has 1 unspecified atom stereocenters. The second kappa shape index (κ2) is 8.12. The number of hydrogen-bond acceptors (Lipinski definition) is 5. The first-order valence-electron chi connectivity index (χ1n) is 6.60. The average Bonchev–Trinajstić information content (AvgIpc) is 2.45. The van der Waals surface area contributed by atoms with Gasteiger partial charge in [0.15, 0.2) is 5.75 Å². The van der Waals surface area contributed by atoms with E-state index in [0.29, 0.717) is 6.61 Å². The number of nitriles is 1. The Morgan fingerprint density at radius 3 is 2.90 bits per heavy atom. The lowest BCUT2D eigenvalue weighted by atomic mass is 10.2. The summed E-state index contributed by atoms with van der Waals surface area (Å²) in [6.07, 6.45) is 1.06. The summed E-state index contributed by atoms with van der Waals surface area (Å²) in [5.41, 5.74) is 0.0829. The lowest BCUT2D eigenvalue weighted by Crippen LogP contribution is -2.25. The zero-order chi connectivity index (χ0) is 15.0. The maximum absolute atomic E-state index is 10.9. The molecule has 0 fully saturated rings. The molecule has 1 atom stereocenters. The molecule has 1 rings (SSSR count). The van der Waals surface area contributed by atoms with E-state index in [2.05, 4.69) is 12.2 Å². The molecule has 0 aliphatic heterocycles. The number of nitro benzene ring substituents is 1. The highest BCUT2D eigenvalue weighted by atomic mass is 16.6. The van der Waals surface area contributed by atoms with Gasteiger partial charge in [0.2, 0.25) is 0 Å². The molecule has 0 aliphatic rings. The van der Waals surface area contributed by atoms with Gasteiger partial charge in [0.05, 0.1) is 23.2 Å². The van der Waals surface area contributed by atoms with E-state index in [1.165, 1.54) is 18.2 Å². The van der Waals surface area contributed by atoms with E-state index in [1.807, 2.05) is 13.0 Å². The lowest BCUT2D eigenvalue weighted by molar-refractivity contribution is -0.385. The molecular weight excluding hydrogens is 258 g/mol. The van der Waals surface area contributed by atoms with Gasteiger partial charge in [-0.15, -0.1) is 0 Å². The molecule has 0 saturated heterocycles. The predicted octanol–water partition coefficient (Wildman–Crippen LogP) is 2.48. The Morgan fingerprint density at radius 1 is 1.55 bits per heavy atom. The first-order valence-corrected chi connectivity index (χ1v) is 6.60. The Morgan fingerprint density at radius 2 is 2.30 bits per heavy atom. The van der Waals surface area contributed by atoms with Crippen LogP contribution in [0.25, 0.3) is 0 Å². The van der Waals surface area contributed by atoms with E-state index in [-0.39, 0.29) is 22.9 Å². The summed E-state index contributed by atoms with van der Waals surface area (Å²) >= 11 is 0. The van der Waals surface area contributed by atoms with Gasteiger partial charge in [-0.25, -0.2) is 0 Å². The van der Waals surface area contributed by atoms with Crippen molar-refractivity contribution < 1.29 is 9.66 Å². The van der Waals surface area contributed by atoms with E-state index in [0.717, 1.165) is 19.5 Å². The van der Waals surface area contributed by atoms with Crippen molar-refractivity contribution in [3.05, 3.63) is 33.9 Å². The van der Waals surface area contributed by atoms with Gasteiger partial charge in [-0.3, -0.25) is 10.1 Å². The Hall–Kier alpha value is -2.13. The van der Waals surface area contributed by atoms with Gasteiger partial charge in [-0.2, -0.15) is 5.26 Å². The average molecular weight is 277 g/mol. The standard InChI is InChI=1S/C14H19N3O3/c1-3-6-16-9-11(2)10-20-14-5-4-12(8-15)7-13(14)17(18)19/h4-5,7,11,16H,3,6,9-10H2,1-2H3. The van der Waals surface area contributed by atoms with E-state index in [1.54, 1.807) is 0 Å². The van der Waals surface area contributed by atoms with Crippen molar-refractivity contribution >= 4 is 5.69 Å². The molecule has 108 valence electrons. The highest BCUT2D eigenvalue weighted by Gasteiger charge is 2.16. The summed E-state index contributed by atoms with van der Waals surface area (Å²) < 4.78 is 5.50. The molecule has 6 heteroatoms. The number of benzene rings is 1. The third-order valence-corrected chi connectivity index (χ3v) is 2.73. The van der Waals surface area contributed by atoms with E-state index in [9.17, 15) is 10.1 Å². The molecule has 0 amide bonds. The maximum atomic E-state index is 10.9. The lowest BCUT2D eigenvalue weighted by Gasteiger charge is -2.13. The van der Waals surface area contributed by atoms with Gasteiger partial charge in [0.25, 0.3) is 0 Å². The minimum absolute atomic E-state index is 0.169. The van der Waals surface area contributed by atoms with Crippen LogP contribution in [0.5, 0.6) is 5.75 Å². The molecule has 0 saturated carbocycles. The quantitative estimate of drug-likeness (QED) is 0.448. The van der Waals surface area contributed by atoms with Crippen LogP contribution in [0.1, 0.15) is 25.8 Å². The summed E-state index contributed by atoms with van der Waals surface area (Å²) in [6.45, 7) is 6.25. The van der Waals surface area contributed by atoms with Crippen molar-refractivity contribution in [3.63, 3.8) is 0 Å². The number of nitro groups is 1. The predicted molar refractivity (Wildman–Crippen MR) is 75.6 cm³/mol. The van der Waals surface area contributed by atoms with Gasteiger partial charge in [-0.1, -0.05) is 13.8 Å². The smallest absolute Gasteiger partial charge is 0.312 e. The van der Waals surface area contributed by atoms with Crippen molar-refractivity contribution in [2.75, 3.05) is 19.7 Å². The summed E-state index contributed by atoms with van der Waals surface area (Å²) in [6, 6.07) is 6.10. The molecule has 0 aliphatic carbocycles. The summed E-state index contributed by atoms with van der Waals surface area (Å²) in [5.74, 6) is 0.452. The second-order valence-corrected chi connectivity index (χ2v) is 4.67. The van der Waals surface area contributed by atoms with Crippen LogP contribution in [0.4, 0.5) is 5.69 Å². The van der Waals surface area contributed by atoms with Crippen LogP contribution < -0.4 is 10.1 Å². The third-order valence-electron chi connectivity index (χ3n) is 2.73. The zero-order valence-corrected chi connectivity index (χ0v) is 11.8. The van der Waals surface area contributed by atoms with Crippen LogP contribution in [0, 0.1) is 27.4 Å². The molecule has 0 aromatic heterocycles. The number of nitrogens with one attached hydrogen (secondary N) is 1. The monoisotopic (exact) mass is 277 g/mol. The summed E-state index contributed by atoms with van der Waals surface area (Å²) in [5, 5.41) is 23.0. The van der Waals surface area contributed by atoms with Crippen LogP contribution in [0.15, 0.2) is 18.2 Å². The zero-order valence-electron chi connectivity index (χ0n) is 11.8. The Bertz CT molecular complexity index is 497. The molecule has 0 radical (unpaired) electrons. The Balaban J connectivity index is 2.63. The molecule has 20 heavy (non-hydrogen) atoms. The second-order valence-electron chi connectivity index (χ2n) is 4.67. The Labute approximate surface area is 118 Å². The topological polar surface area (TPSA) is 88.2 Å². The van der Waals surface area contributed by atoms with Gasteiger partial charge >= 0.3 is 5.69 Å². The minimum Gasteiger partial charge on any atom is -0.486 e. The number of nitrogens with zero attached hydrogens (tertiary/aromatic N) is 2. The van der Waals surface area contributed by atoms with Crippen molar-refractivity contribution in [2.45, 2.75) is 20.3 Å². The largest absolute Gasteiger partial charge is 0.486 e. The number of ether oxygens (including phenoxy) is 1. The van der Waals surface area contributed by atoms with Crippen molar-refractivity contribution in [1.29, 1.82) is 5.26 Å². The van der Waals surface area contributed by atoms with Crippen LogP contribution in [0.3, 0.4) is 0 Å². The van der Waals surface area contributed by atoms with Crippen molar-refractivity contribution in [2.24, 2.45) is 5.92 Å². The van der Waals surface area contributed by atoms with Gasteiger partial charge in [0.1, 0.15) is 0 Å². The fourth-order valence-electron chi connectivity index (χ4n) is 1.67. The van der Waals surface area contributed by atoms with Gasteiger partial charge in [0, 0.05) is 18.5 Å². The fourth-order valence-corrected chi connectivity index (χ4v) is 1.67. The van der Waals surface area contributed by atoms with Crippen molar-refractivity contribution in [3.8, 4) is 11.8 Å². The van der Waals surface area contributed by atoms with Crippen LogP contribution in [0.2, 0.25) is 0 Å². The molecule has 0 spiro atoms. The first-order chi connectivity index (χ1) is 9.58. The normalized spacial score (nSPS) is 11.7. The first kappa shape index (κ1) is 15.9. The maximum Gasteiger partial charge on any atom is 0.312 e. The fraction of sp³-hybridized carbons (Fsp3) is 0.500. The minimum atomic E-state index is -0.532. The van der Waals surface area contributed by atoms with Crippen molar-refractivity contribution in [1.82, 2.24) is 5.32 Å². The SMILES string of the molecule is CCCNCC(C)COc1ccc(C#N)cc1[N+](=O)[O-]. The highest BCUT2D eigenvalue weighted by molar-refractivity contribution is 5.51. The Kier molecular flexibility index (Phi) is 6.47. The molecule has 1 aromatic rings. The highest BCUT2D eigenvalue weighted by Crippen LogP contribution is 2.28. The van der Waals surface area contributed by atoms with E-state index < -0.39 is 4.92 Å². The molecule has 1 aromatic carbocycles. The summed E-state index contributed by atoms with van der Waals surface area (Å²) in [4.78, 5) is 10.4.